The molecule has 1 heterocycles. The van der Waals surface area contributed by atoms with Crippen LogP contribution in [-0.4, -0.2) is 25.2 Å². The number of amides is 1. The molecule has 2 atom stereocenters. The van der Waals surface area contributed by atoms with Crippen LogP contribution in [-0.2, 0) is 14.9 Å². The lowest BCUT2D eigenvalue weighted by Gasteiger charge is -2.20. The topological polar surface area (TPSA) is 38.3 Å². The first-order chi connectivity index (χ1) is 12.6. The second-order valence-electron chi connectivity index (χ2n) is 7.85. The highest BCUT2D eigenvalue weighted by Gasteiger charge is 2.60. The van der Waals surface area contributed by atoms with Crippen molar-refractivity contribution in [3.63, 3.8) is 0 Å². The average molecular weight is 349 g/mol. The fourth-order valence-corrected chi connectivity index (χ4v) is 4.37. The minimum absolute atomic E-state index is 0.00694. The van der Waals surface area contributed by atoms with Gasteiger partial charge in [-0.15, -0.1) is 0 Å². The molecule has 0 bridgehead atoms. The molecular weight excluding hydrogens is 322 g/mol. The predicted octanol–water partition coefficient (Wildman–Crippen LogP) is 3.90. The number of aryl methyl sites for hydroxylation is 2. The van der Waals surface area contributed by atoms with E-state index in [-0.39, 0.29) is 23.3 Å². The van der Waals surface area contributed by atoms with Gasteiger partial charge in [0, 0.05) is 18.6 Å². The van der Waals surface area contributed by atoms with Crippen molar-refractivity contribution in [3.05, 3.63) is 70.8 Å². The highest BCUT2D eigenvalue weighted by Crippen LogP contribution is 2.59. The van der Waals surface area contributed by atoms with E-state index in [1.54, 1.807) is 0 Å². The summed E-state index contributed by atoms with van der Waals surface area (Å²) in [6.45, 7) is 5.68. The Kier molecular flexibility index (Phi) is 4.58. The minimum atomic E-state index is -0.196. The number of ether oxygens (including phenoxy) is 1. The summed E-state index contributed by atoms with van der Waals surface area (Å²) in [5.74, 6) is 0.149. The van der Waals surface area contributed by atoms with Gasteiger partial charge in [-0.1, -0.05) is 59.7 Å². The lowest BCUT2D eigenvalue weighted by atomic mass is 9.84. The zero-order valence-electron chi connectivity index (χ0n) is 15.6. The van der Waals surface area contributed by atoms with Crippen LogP contribution in [0.3, 0.4) is 0 Å². The Morgan fingerprint density at radius 1 is 1.12 bits per heavy atom. The van der Waals surface area contributed by atoms with Crippen molar-refractivity contribution in [1.82, 2.24) is 5.32 Å². The van der Waals surface area contributed by atoms with Gasteiger partial charge < -0.3 is 10.1 Å². The third kappa shape index (κ3) is 3.16. The Morgan fingerprint density at radius 2 is 1.77 bits per heavy atom. The Bertz CT molecular complexity index is 762. The van der Waals surface area contributed by atoms with Gasteiger partial charge >= 0.3 is 0 Å². The van der Waals surface area contributed by atoms with E-state index in [2.05, 4.69) is 67.7 Å². The van der Waals surface area contributed by atoms with Gasteiger partial charge in [0.25, 0.3) is 0 Å². The smallest absolute Gasteiger partial charge is 0.224 e. The Hall–Kier alpha value is -2.13. The summed E-state index contributed by atoms with van der Waals surface area (Å²) in [7, 11) is 0. The van der Waals surface area contributed by atoms with Crippen LogP contribution in [0, 0.1) is 19.8 Å². The summed E-state index contributed by atoms with van der Waals surface area (Å²) in [4.78, 5) is 12.9. The monoisotopic (exact) mass is 349 g/mol. The highest BCUT2D eigenvalue weighted by atomic mass is 16.5. The summed E-state index contributed by atoms with van der Waals surface area (Å²) in [6, 6.07) is 17.2. The molecule has 136 valence electrons. The van der Waals surface area contributed by atoms with E-state index in [0.29, 0.717) is 6.54 Å². The van der Waals surface area contributed by atoms with E-state index in [9.17, 15) is 4.79 Å². The molecule has 1 saturated heterocycles. The van der Waals surface area contributed by atoms with Crippen molar-refractivity contribution in [1.29, 1.82) is 0 Å². The largest absolute Gasteiger partial charge is 0.376 e. The maximum atomic E-state index is 12.9. The fraction of sp³-hybridized carbons (Fsp3) is 0.435. The van der Waals surface area contributed by atoms with E-state index in [4.69, 9.17) is 4.74 Å². The molecule has 3 heteroatoms. The molecule has 1 saturated carbocycles. The molecule has 0 aromatic heterocycles. The van der Waals surface area contributed by atoms with Gasteiger partial charge in [0.2, 0.25) is 5.91 Å². The number of rotatable bonds is 5. The van der Waals surface area contributed by atoms with Crippen LogP contribution >= 0.6 is 0 Å². The number of hydrogen-bond donors (Lipinski definition) is 1. The standard InChI is InChI=1S/C23H27NO2/c1-16-6-3-8-18(12-16)23(19-9-4-7-17(2)13-19)14-21(23)22(25)24-15-20-10-5-11-26-20/h3-4,6-9,12-13,20-21H,5,10-11,14-15H2,1-2H3,(H,24,25)/t20-,21+/m1/s1. The van der Waals surface area contributed by atoms with Crippen LogP contribution in [0.4, 0.5) is 0 Å². The SMILES string of the molecule is Cc1cccc(C2(c3cccc(C)c3)C[C@H]2C(=O)NC[C@H]2CCCO2)c1. The van der Waals surface area contributed by atoms with Crippen molar-refractivity contribution >= 4 is 5.91 Å². The van der Waals surface area contributed by atoms with Crippen molar-refractivity contribution in [2.75, 3.05) is 13.2 Å². The van der Waals surface area contributed by atoms with E-state index >= 15 is 0 Å². The van der Waals surface area contributed by atoms with Crippen LogP contribution in [0.25, 0.3) is 0 Å². The lowest BCUT2D eigenvalue weighted by Crippen LogP contribution is -2.34. The zero-order valence-corrected chi connectivity index (χ0v) is 15.6. The molecule has 0 unspecified atom stereocenters. The Balaban J connectivity index is 1.60. The predicted molar refractivity (Wildman–Crippen MR) is 103 cm³/mol. The molecular formula is C23H27NO2. The molecule has 4 rings (SSSR count). The van der Waals surface area contributed by atoms with Crippen LogP contribution < -0.4 is 5.32 Å². The van der Waals surface area contributed by atoms with Gasteiger partial charge in [-0.25, -0.2) is 0 Å². The molecule has 1 N–H and O–H groups in total. The van der Waals surface area contributed by atoms with Gasteiger partial charge in [0.15, 0.2) is 0 Å². The fourth-order valence-electron chi connectivity index (χ4n) is 4.37. The van der Waals surface area contributed by atoms with Crippen molar-refractivity contribution < 1.29 is 9.53 Å². The van der Waals surface area contributed by atoms with Crippen LogP contribution in [0.15, 0.2) is 48.5 Å². The summed E-state index contributed by atoms with van der Waals surface area (Å²) >= 11 is 0. The summed E-state index contributed by atoms with van der Waals surface area (Å²) in [5, 5.41) is 3.15. The van der Waals surface area contributed by atoms with Gasteiger partial charge in [-0.2, -0.15) is 0 Å². The molecule has 1 amide bonds. The van der Waals surface area contributed by atoms with E-state index < -0.39 is 0 Å². The summed E-state index contributed by atoms with van der Waals surface area (Å²) < 4.78 is 5.64. The molecule has 0 radical (unpaired) electrons. The number of nitrogens with one attached hydrogen (secondary N) is 1. The molecule has 2 aromatic rings. The zero-order chi connectivity index (χ0) is 18.1. The second kappa shape index (κ2) is 6.88. The molecule has 2 aromatic carbocycles. The first-order valence-corrected chi connectivity index (χ1v) is 9.63. The minimum Gasteiger partial charge on any atom is -0.376 e. The summed E-state index contributed by atoms with van der Waals surface area (Å²) in [5.41, 5.74) is 4.78. The third-order valence-corrected chi connectivity index (χ3v) is 5.87. The third-order valence-electron chi connectivity index (χ3n) is 5.87. The average Bonchev–Trinajstić information content (AvgIpc) is 3.19. The highest BCUT2D eigenvalue weighted by molar-refractivity contribution is 5.86. The molecule has 2 fully saturated rings. The van der Waals surface area contributed by atoms with Crippen LogP contribution in [0.5, 0.6) is 0 Å². The second-order valence-corrected chi connectivity index (χ2v) is 7.85. The Labute approximate surface area is 155 Å². The molecule has 1 aliphatic heterocycles. The van der Waals surface area contributed by atoms with Gasteiger partial charge in [0.05, 0.1) is 12.0 Å². The first kappa shape index (κ1) is 17.3. The van der Waals surface area contributed by atoms with E-state index in [1.165, 1.54) is 22.3 Å². The first-order valence-electron chi connectivity index (χ1n) is 9.63. The van der Waals surface area contributed by atoms with Crippen LogP contribution in [0.1, 0.15) is 41.5 Å². The van der Waals surface area contributed by atoms with Crippen molar-refractivity contribution in [2.24, 2.45) is 5.92 Å². The molecule has 2 aliphatic rings. The van der Waals surface area contributed by atoms with Gasteiger partial charge in [-0.05, 0) is 44.2 Å². The molecule has 3 nitrogen and oxygen atoms in total. The van der Waals surface area contributed by atoms with Gasteiger partial charge in [-0.3, -0.25) is 4.79 Å². The van der Waals surface area contributed by atoms with E-state index in [1.807, 2.05) is 0 Å². The Morgan fingerprint density at radius 3 is 2.31 bits per heavy atom. The van der Waals surface area contributed by atoms with Gasteiger partial charge in [0.1, 0.15) is 0 Å². The quantitative estimate of drug-likeness (QED) is 0.889. The molecule has 1 aliphatic carbocycles. The van der Waals surface area contributed by atoms with E-state index in [0.717, 1.165) is 25.9 Å². The number of benzene rings is 2. The molecule has 26 heavy (non-hydrogen) atoms. The maximum Gasteiger partial charge on any atom is 0.224 e. The number of hydrogen-bond acceptors (Lipinski definition) is 2. The van der Waals surface area contributed by atoms with Crippen molar-refractivity contribution in [3.8, 4) is 0 Å². The summed E-state index contributed by atoms with van der Waals surface area (Å²) in [6.07, 6.45) is 3.20. The maximum absolute atomic E-state index is 12.9. The number of carbonyl (C=O) groups excluding carboxylic acids is 1. The van der Waals surface area contributed by atoms with Crippen LogP contribution in [0.2, 0.25) is 0 Å². The number of carbonyl (C=O) groups is 1. The van der Waals surface area contributed by atoms with Crippen molar-refractivity contribution in [2.45, 2.75) is 44.6 Å². The normalized spacial score (nSPS) is 23.6. The molecule has 0 spiro atoms. The lowest BCUT2D eigenvalue weighted by molar-refractivity contribution is -0.123.